The molecule has 5 heteroatoms. The molecular formula is C14H24N4S. The molecule has 2 unspecified atom stereocenters. The van der Waals surface area contributed by atoms with Gasteiger partial charge in [-0.3, -0.25) is 0 Å². The Bertz CT molecular complexity index is 412. The summed E-state index contributed by atoms with van der Waals surface area (Å²) in [5.74, 6) is 5.83. The summed E-state index contributed by atoms with van der Waals surface area (Å²) in [5, 5.41) is 12.5. The summed E-state index contributed by atoms with van der Waals surface area (Å²) < 4.78 is 2.36. The maximum absolute atomic E-state index is 4.43. The second kappa shape index (κ2) is 6.27. The van der Waals surface area contributed by atoms with E-state index in [2.05, 4.69) is 38.8 Å². The van der Waals surface area contributed by atoms with Crippen molar-refractivity contribution in [2.24, 2.45) is 5.92 Å². The molecule has 19 heavy (non-hydrogen) atoms. The maximum Gasteiger partial charge on any atom is 0.149 e. The number of hydrogen-bond acceptors (Lipinski definition) is 4. The Morgan fingerprint density at radius 1 is 1.37 bits per heavy atom. The zero-order chi connectivity index (χ0) is 13.1. The summed E-state index contributed by atoms with van der Waals surface area (Å²) in [6, 6.07) is 0.324. The van der Waals surface area contributed by atoms with Crippen LogP contribution in [0.15, 0.2) is 0 Å². The molecule has 2 aliphatic heterocycles. The number of nitrogens with zero attached hydrogens (tertiary/aromatic N) is 3. The molecule has 3 rings (SSSR count). The maximum atomic E-state index is 4.43. The van der Waals surface area contributed by atoms with Gasteiger partial charge in [-0.1, -0.05) is 6.42 Å². The van der Waals surface area contributed by atoms with Crippen molar-refractivity contribution in [2.45, 2.75) is 51.6 Å². The lowest BCUT2D eigenvalue weighted by Gasteiger charge is -2.17. The highest BCUT2D eigenvalue weighted by Gasteiger charge is 2.21. The lowest BCUT2D eigenvalue weighted by molar-refractivity contribution is 0.449. The molecule has 3 heterocycles. The number of hydrogen-bond donors (Lipinski definition) is 1. The van der Waals surface area contributed by atoms with Crippen molar-refractivity contribution in [3.63, 3.8) is 0 Å². The molecule has 0 bridgehead atoms. The van der Waals surface area contributed by atoms with Crippen LogP contribution in [0.4, 0.5) is 0 Å². The Balaban J connectivity index is 1.62. The number of rotatable bonds is 4. The van der Waals surface area contributed by atoms with Crippen molar-refractivity contribution < 1.29 is 0 Å². The predicted molar refractivity (Wildman–Crippen MR) is 79.4 cm³/mol. The topological polar surface area (TPSA) is 42.7 Å². The summed E-state index contributed by atoms with van der Waals surface area (Å²) in [6.07, 6.45) is 6.31. The van der Waals surface area contributed by atoms with Crippen molar-refractivity contribution in [1.29, 1.82) is 0 Å². The fraction of sp³-hybridized carbons (Fsp3) is 0.857. The molecule has 0 spiro atoms. The van der Waals surface area contributed by atoms with Crippen molar-refractivity contribution >= 4 is 11.8 Å². The van der Waals surface area contributed by atoms with E-state index in [1.807, 2.05) is 0 Å². The smallest absolute Gasteiger partial charge is 0.149 e. The highest BCUT2D eigenvalue weighted by molar-refractivity contribution is 7.99. The molecule has 0 radical (unpaired) electrons. The van der Waals surface area contributed by atoms with Crippen molar-refractivity contribution in [2.75, 3.05) is 18.1 Å². The van der Waals surface area contributed by atoms with E-state index in [0.717, 1.165) is 31.3 Å². The first-order chi connectivity index (χ1) is 9.34. The SMILES string of the molecule is CC(NCC1CCSC1)c1nnc2n1CCCCC2. The minimum atomic E-state index is 0.324. The van der Waals surface area contributed by atoms with Gasteiger partial charge < -0.3 is 9.88 Å². The zero-order valence-corrected chi connectivity index (χ0v) is 12.6. The van der Waals surface area contributed by atoms with Crippen LogP contribution in [-0.4, -0.2) is 32.8 Å². The van der Waals surface area contributed by atoms with Crippen LogP contribution in [0.5, 0.6) is 0 Å². The number of aromatic nitrogens is 3. The Hall–Kier alpha value is -0.550. The lowest BCUT2D eigenvalue weighted by Crippen LogP contribution is -2.28. The van der Waals surface area contributed by atoms with Gasteiger partial charge in [-0.15, -0.1) is 10.2 Å². The molecule has 106 valence electrons. The largest absolute Gasteiger partial charge is 0.314 e. The zero-order valence-electron chi connectivity index (χ0n) is 11.8. The summed E-state index contributed by atoms with van der Waals surface area (Å²) in [7, 11) is 0. The summed E-state index contributed by atoms with van der Waals surface area (Å²) >= 11 is 2.08. The van der Waals surface area contributed by atoms with Gasteiger partial charge in [0.05, 0.1) is 6.04 Å². The normalized spacial score (nSPS) is 25.0. The molecule has 2 aliphatic rings. The van der Waals surface area contributed by atoms with Crippen LogP contribution in [-0.2, 0) is 13.0 Å². The van der Waals surface area contributed by atoms with Crippen LogP contribution in [0.2, 0.25) is 0 Å². The van der Waals surface area contributed by atoms with Gasteiger partial charge in [0, 0.05) is 13.0 Å². The van der Waals surface area contributed by atoms with E-state index >= 15 is 0 Å². The van der Waals surface area contributed by atoms with Gasteiger partial charge in [-0.2, -0.15) is 11.8 Å². The highest BCUT2D eigenvalue weighted by Crippen LogP contribution is 2.24. The number of aryl methyl sites for hydroxylation is 1. The fourth-order valence-electron chi connectivity index (χ4n) is 3.01. The van der Waals surface area contributed by atoms with Crippen LogP contribution >= 0.6 is 11.8 Å². The third-order valence-corrected chi connectivity index (χ3v) is 5.49. The molecule has 1 N–H and O–H groups in total. The molecule has 0 aromatic carbocycles. The first kappa shape index (κ1) is 13.4. The predicted octanol–water partition coefficient (Wildman–Crippen LogP) is 2.41. The Labute approximate surface area is 119 Å². The van der Waals surface area contributed by atoms with Crippen LogP contribution in [0.1, 0.15) is 50.3 Å². The number of nitrogens with one attached hydrogen (secondary N) is 1. The third kappa shape index (κ3) is 3.14. The summed E-state index contributed by atoms with van der Waals surface area (Å²) in [4.78, 5) is 0. The van der Waals surface area contributed by atoms with E-state index in [1.165, 1.54) is 43.0 Å². The molecular weight excluding hydrogens is 256 g/mol. The fourth-order valence-corrected chi connectivity index (χ4v) is 4.29. The average Bonchev–Trinajstić information content (AvgIpc) is 3.02. The molecule has 0 saturated carbocycles. The quantitative estimate of drug-likeness (QED) is 0.920. The molecule has 1 aromatic rings. The van der Waals surface area contributed by atoms with Crippen LogP contribution in [0, 0.1) is 5.92 Å². The van der Waals surface area contributed by atoms with Gasteiger partial charge in [0.15, 0.2) is 0 Å². The van der Waals surface area contributed by atoms with Gasteiger partial charge in [0.2, 0.25) is 0 Å². The van der Waals surface area contributed by atoms with Crippen LogP contribution in [0.25, 0.3) is 0 Å². The van der Waals surface area contributed by atoms with Crippen LogP contribution < -0.4 is 5.32 Å². The molecule has 1 fully saturated rings. The molecule has 2 atom stereocenters. The van der Waals surface area contributed by atoms with Crippen LogP contribution in [0.3, 0.4) is 0 Å². The first-order valence-electron chi connectivity index (χ1n) is 7.57. The third-order valence-electron chi connectivity index (χ3n) is 4.26. The molecule has 1 aromatic heterocycles. The van der Waals surface area contributed by atoms with E-state index < -0.39 is 0 Å². The summed E-state index contributed by atoms with van der Waals surface area (Å²) in [5.41, 5.74) is 0. The second-order valence-corrected chi connectivity index (χ2v) is 6.95. The van der Waals surface area contributed by atoms with Gasteiger partial charge in [0.25, 0.3) is 0 Å². The second-order valence-electron chi connectivity index (χ2n) is 5.80. The van der Waals surface area contributed by atoms with E-state index in [9.17, 15) is 0 Å². The van der Waals surface area contributed by atoms with Gasteiger partial charge in [0.1, 0.15) is 11.6 Å². The van der Waals surface area contributed by atoms with E-state index in [1.54, 1.807) is 0 Å². The van der Waals surface area contributed by atoms with E-state index in [4.69, 9.17) is 0 Å². The lowest BCUT2D eigenvalue weighted by atomic mass is 10.1. The van der Waals surface area contributed by atoms with Crippen molar-refractivity contribution in [1.82, 2.24) is 20.1 Å². The van der Waals surface area contributed by atoms with E-state index in [0.29, 0.717) is 6.04 Å². The molecule has 0 amide bonds. The average molecular weight is 280 g/mol. The van der Waals surface area contributed by atoms with Gasteiger partial charge in [-0.25, -0.2) is 0 Å². The highest BCUT2D eigenvalue weighted by atomic mass is 32.2. The number of fused-ring (bicyclic) bond motifs is 1. The molecule has 0 aliphatic carbocycles. The van der Waals surface area contributed by atoms with Crippen molar-refractivity contribution in [3.8, 4) is 0 Å². The molecule has 1 saturated heterocycles. The van der Waals surface area contributed by atoms with Gasteiger partial charge in [-0.05, 0) is 50.2 Å². The summed E-state index contributed by atoms with van der Waals surface area (Å²) in [6.45, 7) is 4.45. The minimum Gasteiger partial charge on any atom is -0.314 e. The first-order valence-corrected chi connectivity index (χ1v) is 8.73. The molecule has 4 nitrogen and oxygen atoms in total. The van der Waals surface area contributed by atoms with Crippen molar-refractivity contribution in [3.05, 3.63) is 11.6 Å². The Kier molecular flexibility index (Phi) is 4.43. The standard InChI is InChI=1S/C14H24N4S/c1-11(15-9-12-6-8-19-10-12)14-17-16-13-5-3-2-4-7-18(13)14/h11-12,15H,2-10H2,1H3. The van der Waals surface area contributed by atoms with E-state index in [-0.39, 0.29) is 0 Å². The Morgan fingerprint density at radius 3 is 3.16 bits per heavy atom. The Morgan fingerprint density at radius 2 is 2.32 bits per heavy atom. The monoisotopic (exact) mass is 280 g/mol. The number of thioether (sulfide) groups is 1. The van der Waals surface area contributed by atoms with Gasteiger partial charge >= 0.3 is 0 Å². The minimum absolute atomic E-state index is 0.324.